The van der Waals surface area contributed by atoms with Crippen LogP contribution < -0.4 is 14.8 Å². The molecule has 2 aromatic rings. The van der Waals surface area contributed by atoms with Crippen molar-refractivity contribution in [2.24, 2.45) is 0 Å². The van der Waals surface area contributed by atoms with Crippen molar-refractivity contribution in [2.45, 2.75) is 6.92 Å². The molecule has 0 saturated carbocycles. The average molecular weight is 394 g/mol. The van der Waals surface area contributed by atoms with Gasteiger partial charge in [-0.05, 0) is 49.4 Å². The van der Waals surface area contributed by atoms with Crippen molar-refractivity contribution in [1.29, 1.82) is 0 Å². The average Bonchev–Trinajstić information content (AvgIpc) is 2.58. The van der Waals surface area contributed by atoms with E-state index in [-0.39, 0.29) is 5.91 Å². The summed E-state index contributed by atoms with van der Waals surface area (Å²) in [6.45, 7) is 3.36. The van der Waals surface area contributed by atoms with E-state index in [1.165, 1.54) is 0 Å². The molecule has 0 aliphatic rings. The van der Waals surface area contributed by atoms with E-state index < -0.39 is 0 Å². The molecular formula is C18H20BrNO4. The highest BCUT2D eigenvalue weighted by molar-refractivity contribution is 9.10. The molecule has 0 bridgehead atoms. The maximum Gasteiger partial charge on any atom is 0.259 e. The van der Waals surface area contributed by atoms with Crippen LogP contribution in [0.25, 0.3) is 0 Å². The van der Waals surface area contributed by atoms with Crippen molar-refractivity contribution in [1.82, 2.24) is 0 Å². The van der Waals surface area contributed by atoms with Gasteiger partial charge in [-0.15, -0.1) is 0 Å². The van der Waals surface area contributed by atoms with Crippen LogP contribution in [0.2, 0.25) is 0 Å². The fraction of sp³-hybridized carbons (Fsp3) is 0.278. The van der Waals surface area contributed by atoms with Gasteiger partial charge in [0.1, 0.15) is 18.1 Å². The van der Waals surface area contributed by atoms with Gasteiger partial charge in [-0.1, -0.05) is 15.9 Å². The first-order valence-corrected chi connectivity index (χ1v) is 8.39. The number of anilines is 1. The SMILES string of the molecule is CCOc1ccc(NC(=O)c2cc(Br)ccc2OCCOC)cc1. The van der Waals surface area contributed by atoms with Gasteiger partial charge in [-0.25, -0.2) is 0 Å². The Bertz CT molecular complexity index is 673. The first kappa shape index (κ1) is 18.3. The van der Waals surface area contributed by atoms with Gasteiger partial charge >= 0.3 is 0 Å². The highest BCUT2D eigenvalue weighted by Crippen LogP contribution is 2.25. The van der Waals surface area contributed by atoms with Crippen molar-refractivity contribution in [3.63, 3.8) is 0 Å². The van der Waals surface area contributed by atoms with Crippen LogP contribution in [0, 0.1) is 0 Å². The number of amides is 1. The van der Waals surface area contributed by atoms with Crippen LogP contribution in [0.3, 0.4) is 0 Å². The summed E-state index contributed by atoms with van der Waals surface area (Å²) < 4.78 is 16.8. The smallest absolute Gasteiger partial charge is 0.259 e. The van der Waals surface area contributed by atoms with Crippen molar-refractivity contribution >= 4 is 27.5 Å². The van der Waals surface area contributed by atoms with Crippen LogP contribution >= 0.6 is 15.9 Å². The van der Waals surface area contributed by atoms with Crippen molar-refractivity contribution in [3.8, 4) is 11.5 Å². The molecule has 0 aliphatic heterocycles. The number of ether oxygens (including phenoxy) is 3. The summed E-state index contributed by atoms with van der Waals surface area (Å²) >= 11 is 3.38. The minimum Gasteiger partial charge on any atom is -0.494 e. The molecule has 24 heavy (non-hydrogen) atoms. The molecule has 0 saturated heterocycles. The first-order chi connectivity index (χ1) is 11.6. The van der Waals surface area contributed by atoms with Crippen molar-refractivity contribution < 1.29 is 19.0 Å². The van der Waals surface area contributed by atoms with E-state index in [9.17, 15) is 4.79 Å². The predicted octanol–water partition coefficient (Wildman–Crippen LogP) is 4.13. The Kier molecular flexibility index (Phi) is 7.08. The third-order valence-corrected chi connectivity index (χ3v) is 3.65. The lowest BCUT2D eigenvalue weighted by atomic mass is 10.2. The fourth-order valence-electron chi connectivity index (χ4n) is 2.04. The summed E-state index contributed by atoms with van der Waals surface area (Å²) in [6.07, 6.45) is 0. The molecule has 0 spiro atoms. The lowest BCUT2D eigenvalue weighted by Gasteiger charge is -2.12. The number of benzene rings is 2. The molecule has 1 N–H and O–H groups in total. The number of hydrogen-bond acceptors (Lipinski definition) is 4. The maximum atomic E-state index is 12.6. The first-order valence-electron chi connectivity index (χ1n) is 7.59. The van der Waals surface area contributed by atoms with E-state index in [4.69, 9.17) is 14.2 Å². The standard InChI is InChI=1S/C18H20BrNO4/c1-3-23-15-7-5-14(6-8-15)20-18(21)16-12-13(19)4-9-17(16)24-11-10-22-2/h4-9,12H,3,10-11H2,1-2H3,(H,20,21). The molecule has 0 aliphatic carbocycles. The normalized spacial score (nSPS) is 10.3. The molecule has 0 unspecified atom stereocenters. The number of methoxy groups -OCH3 is 1. The molecule has 0 fully saturated rings. The number of nitrogens with one attached hydrogen (secondary N) is 1. The van der Waals surface area contributed by atoms with Gasteiger partial charge < -0.3 is 19.5 Å². The molecule has 2 aromatic carbocycles. The summed E-state index contributed by atoms with van der Waals surface area (Å²) in [7, 11) is 1.60. The highest BCUT2D eigenvalue weighted by atomic mass is 79.9. The summed E-state index contributed by atoms with van der Waals surface area (Å²) in [4.78, 5) is 12.6. The van der Waals surface area contributed by atoms with Gasteiger partial charge in [0.05, 0.1) is 18.8 Å². The van der Waals surface area contributed by atoms with E-state index in [0.717, 1.165) is 10.2 Å². The second-order valence-corrected chi connectivity index (χ2v) is 5.81. The number of halogens is 1. The molecule has 128 valence electrons. The second kappa shape index (κ2) is 9.30. The molecule has 6 heteroatoms. The lowest BCUT2D eigenvalue weighted by Crippen LogP contribution is -2.15. The minimum absolute atomic E-state index is 0.243. The zero-order valence-electron chi connectivity index (χ0n) is 13.7. The molecule has 2 rings (SSSR count). The second-order valence-electron chi connectivity index (χ2n) is 4.89. The lowest BCUT2D eigenvalue weighted by molar-refractivity contribution is 0.101. The zero-order chi connectivity index (χ0) is 17.4. The highest BCUT2D eigenvalue weighted by Gasteiger charge is 2.14. The third kappa shape index (κ3) is 5.25. The van der Waals surface area contributed by atoms with Crippen molar-refractivity contribution in [2.75, 3.05) is 32.2 Å². The van der Waals surface area contributed by atoms with Gasteiger partial charge in [0, 0.05) is 17.3 Å². The monoisotopic (exact) mass is 393 g/mol. The van der Waals surface area contributed by atoms with Gasteiger partial charge in [-0.3, -0.25) is 4.79 Å². The van der Waals surface area contributed by atoms with Crippen LogP contribution in [0.5, 0.6) is 11.5 Å². The number of carbonyl (C=O) groups excluding carboxylic acids is 1. The third-order valence-electron chi connectivity index (χ3n) is 3.15. The Morgan fingerprint density at radius 2 is 1.83 bits per heavy atom. The van der Waals surface area contributed by atoms with Crippen LogP contribution in [0.15, 0.2) is 46.9 Å². The molecule has 5 nitrogen and oxygen atoms in total. The molecule has 0 heterocycles. The van der Waals surface area contributed by atoms with E-state index in [0.29, 0.717) is 36.8 Å². The molecule has 0 aromatic heterocycles. The Hall–Kier alpha value is -2.05. The van der Waals surface area contributed by atoms with E-state index in [1.54, 1.807) is 31.4 Å². The van der Waals surface area contributed by atoms with Crippen molar-refractivity contribution in [3.05, 3.63) is 52.5 Å². The summed E-state index contributed by atoms with van der Waals surface area (Å²) in [5.41, 5.74) is 1.14. The van der Waals surface area contributed by atoms with Crippen LogP contribution in [0.1, 0.15) is 17.3 Å². The number of carbonyl (C=O) groups is 1. The van der Waals surface area contributed by atoms with Gasteiger partial charge in [0.25, 0.3) is 5.91 Å². The van der Waals surface area contributed by atoms with Gasteiger partial charge in [0.15, 0.2) is 0 Å². The molecular weight excluding hydrogens is 374 g/mol. The van der Waals surface area contributed by atoms with E-state index in [1.807, 2.05) is 25.1 Å². The summed E-state index contributed by atoms with van der Waals surface area (Å²) in [5.74, 6) is 1.04. The quantitative estimate of drug-likeness (QED) is 0.685. The molecule has 0 radical (unpaired) electrons. The zero-order valence-corrected chi connectivity index (χ0v) is 15.3. The number of hydrogen-bond donors (Lipinski definition) is 1. The Morgan fingerprint density at radius 1 is 1.08 bits per heavy atom. The van der Waals surface area contributed by atoms with Crippen LogP contribution in [-0.4, -0.2) is 32.8 Å². The minimum atomic E-state index is -0.243. The molecule has 0 atom stereocenters. The van der Waals surface area contributed by atoms with E-state index >= 15 is 0 Å². The predicted molar refractivity (Wildman–Crippen MR) is 97.1 cm³/mol. The van der Waals surface area contributed by atoms with Gasteiger partial charge in [-0.2, -0.15) is 0 Å². The van der Waals surface area contributed by atoms with Gasteiger partial charge in [0.2, 0.25) is 0 Å². The topological polar surface area (TPSA) is 56.8 Å². The summed E-state index contributed by atoms with van der Waals surface area (Å²) in [6, 6.07) is 12.5. The van der Waals surface area contributed by atoms with Crippen LogP contribution in [0.4, 0.5) is 5.69 Å². The largest absolute Gasteiger partial charge is 0.494 e. The van der Waals surface area contributed by atoms with E-state index in [2.05, 4.69) is 21.2 Å². The Morgan fingerprint density at radius 3 is 2.50 bits per heavy atom. The molecule has 1 amide bonds. The Balaban J connectivity index is 2.11. The van der Waals surface area contributed by atoms with Crippen LogP contribution in [-0.2, 0) is 4.74 Å². The fourth-order valence-corrected chi connectivity index (χ4v) is 2.40. The summed E-state index contributed by atoms with van der Waals surface area (Å²) in [5, 5.41) is 2.86. The Labute approximate surface area is 150 Å². The number of rotatable bonds is 8. The maximum absolute atomic E-state index is 12.6.